The molecule has 0 spiro atoms. The van der Waals surface area contributed by atoms with Gasteiger partial charge >= 0.3 is 6.09 Å². The van der Waals surface area contributed by atoms with Gasteiger partial charge in [0.15, 0.2) is 0 Å². The molecule has 1 atom stereocenters. The van der Waals surface area contributed by atoms with E-state index in [1.54, 1.807) is 14.0 Å². The van der Waals surface area contributed by atoms with Crippen molar-refractivity contribution < 1.29 is 19.4 Å². The van der Waals surface area contributed by atoms with Crippen LogP contribution < -0.4 is 4.74 Å². The number of carbonyl (C=O) groups is 1. The lowest BCUT2D eigenvalue weighted by atomic mass is 10.2. The predicted octanol–water partition coefficient (Wildman–Crippen LogP) is 2.81. The quantitative estimate of drug-likeness (QED) is 0.907. The molecule has 0 bridgehead atoms. The van der Waals surface area contributed by atoms with Crippen LogP contribution in [0.2, 0.25) is 0 Å². The number of aliphatic hydroxyl groups is 1. The molecule has 0 aliphatic rings. The van der Waals surface area contributed by atoms with Gasteiger partial charge in [0.2, 0.25) is 0 Å². The van der Waals surface area contributed by atoms with E-state index in [2.05, 4.69) is 0 Å². The van der Waals surface area contributed by atoms with Gasteiger partial charge in [-0.25, -0.2) is 4.79 Å². The lowest BCUT2D eigenvalue weighted by Crippen LogP contribution is -2.40. The Hall–Kier alpha value is -1.75. The Morgan fingerprint density at radius 2 is 1.86 bits per heavy atom. The van der Waals surface area contributed by atoms with E-state index in [1.165, 1.54) is 4.90 Å². The normalized spacial score (nSPS) is 12.7. The average molecular weight is 295 g/mol. The van der Waals surface area contributed by atoms with Crippen molar-refractivity contribution in [3.8, 4) is 5.75 Å². The Bertz CT molecular complexity index is 448. The number of rotatable bonds is 5. The number of hydrogen-bond donors (Lipinski definition) is 1. The lowest BCUT2D eigenvalue weighted by molar-refractivity contribution is 0.0142. The van der Waals surface area contributed by atoms with Gasteiger partial charge < -0.3 is 19.5 Å². The summed E-state index contributed by atoms with van der Waals surface area (Å²) in [5, 5.41) is 9.56. The van der Waals surface area contributed by atoms with Crippen molar-refractivity contribution in [2.45, 2.75) is 45.9 Å². The van der Waals surface area contributed by atoms with Crippen LogP contribution in [0.25, 0.3) is 0 Å². The molecule has 0 heterocycles. The average Bonchev–Trinajstić information content (AvgIpc) is 2.36. The summed E-state index contributed by atoms with van der Waals surface area (Å²) in [5.74, 6) is 0.762. The topological polar surface area (TPSA) is 59.0 Å². The summed E-state index contributed by atoms with van der Waals surface area (Å²) < 4.78 is 10.5. The van der Waals surface area contributed by atoms with Crippen molar-refractivity contribution in [1.29, 1.82) is 0 Å². The molecule has 0 aliphatic carbocycles. The number of hydrogen-bond acceptors (Lipinski definition) is 4. The van der Waals surface area contributed by atoms with E-state index < -0.39 is 17.8 Å². The van der Waals surface area contributed by atoms with Crippen LogP contribution in [0.15, 0.2) is 24.3 Å². The summed E-state index contributed by atoms with van der Waals surface area (Å²) in [5.41, 5.74) is 0.385. The van der Waals surface area contributed by atoms with Gasteiger partial charge in [0.05, 0.1) is 19.8 Å². The molecule has 1 unspecified atom stereocenters. The van der Waals surface area contributed by atoms with Crippen molar-refractivity contribution in [2.75, 3.05) is 13.7 Å². The minimum absolute atomic E-state index is 0.223. The first-order valence-corrected chi connectivity index (χ1v) is 7.00. The SMILES string of the molecule is COc1ccc(CN(CC(C)O)C(=O)OC(C)(C)C)cc1. The standard InChI is InChI=1S/C16H25NO4/c1-12(18)10-17(15(19)21-16(2,3)4)11-13-6-8-14(20-5)9-7-13/h6-9,12,18H,10-11H2,1-5H3. The molecule has 1 N–H and O–H groups in total. The number of amides is 1. The van der Waals surface area contributed by atoms with Crippen LogP contribution in [0.3, 0.4) is 0 Å². The molecule has 1 rings (SSSR count). The van der Waals surface area contributed by atoms with Crippen LogP contribution in [0.5, 0.6) is 5.75 Å². The Kier molecular flexibility index (Phi) is 6.03. The Balaban J connectivity index is 2.79. The lowest BCUT2D eigenvalue weighted by Gasteiger charge is -2.28. The second-order valence-electron chi connectivity index (χ2n) is 6.06. The first kappa shape index (κ1) is 17.3. The molecule has 1 amide bonds. The van der Waals surface area contributed by atoms with Crippen LogP contribution in [-0.4, -0.2) is 41.5 Å². The zero-order valence-electron chi connectivity index (χ0n) is 13.4. The van der Waals surface area contributed by atoms with Gasteiger partial charge in [0.25, 0.3) is 0 Å². The monoisotopic (exact) mass is 295 g/mol. The van der Waals surface area contributed by atoms with Crippen molar-refractivity contribution in [1.82, 2.24) is 4.90 Å². The summed E-state index contributed by atoms with van der Waals surface area (Å²) in [6, 6.07) is 7.45. The highest BCUT2D eigenvalue weighted by atomic mass is 16.6. The molecule has 21 heavy (non-hydrogen) atoms. The van der Waals surface area contributed by atoms with E-state index in [0.29, 0.717) is 6.54 Å². The Labute approximate surface area is 126 Å². The number of nitrogens with zero attached hydrogens (tertiary/aromatic N) is 1. The number of methoxy groups -OCH3 is 1. The molecule has 0 saturated heterocycles. The predicted molar refractivity (Wildman–Crippen MR) is 81.3 cm³/mol. The molecular formula is C16H25NO4. The maximum atomic E-state index is 12.2. The van der Waals surface area contributed by atoms with Crippen LogP contribution >= 0.6 is 0 Å². The molecule has 1 aromatic rings. The fraction of sp³-hybridized carbons (Fsp3) is 0.562. The third-order valence-corrected chi connectivity index (χ3v) is 2.67. The third-order valence-electron chi connectivity index (χ3n) is 2.67. The highest BCUT2D eigenvalue weighted by Gasteiger charge is 2.23. The highest BCUT2D eigenvalue weighted by Crippen LogP contribution is 2.16. The van der Waals surface area contributed by atoms with Gasteiger partial charge in [-0.05, 0) is 45.4 Å². The van der Waals surface area contributed by atoms with Crippen LogP contribution in [-0.2, 0) is 11.3 Å². The molecule has 0 saturated carbocycles. The number of benzene rings is 1. The van der Waals surface area contributed by atoms with E-state index in [9.17, 15) is 9.90 Å². The molecule has 0 aromatic heterocycles. The van der Waals surface area contributed by atoms with Gasteiger partial charge in [0.1, 0.15) is 11.4 Å². The second-order valence-corrected chi connectivity index (χ2v) is 6.06. The minimum atomic E-state index is -0.615. The van der Waals surface area contributed by atoms with E-state index in [1.807, 2.05) is 45.0 Å². The Morgan fingerprint density at radius 1 is 1.29 bits per heavy atom. The van der Waals surface area contributed by atoms with E-state index in [0.717, 1.165) is 11.3 Å². The molecule has 118 valence electrons. The van der Waals surface area contributed by atoms with Crippen molar-refractivity contribution >= 4 is 6.09 Å². The van der Waals surface area contributed by atoms with E-state index in [-0.39, 0.29) is 6.54 Å². The summed E-state index contributed by atoms with van der Waals surface area (Å²) in [7, 11) is 1.61. The van der Waals surface area contributed by atoms with Gasteiger partial charge in [-0.15, -0.1) is 0 Å². The summed E-state index contributed by atoms with van der Waals surface area (Å²) in [6.45, 7) is 7.70. The summed E-state index contributed by atoms with van der Waals surface area (Å²) in [6.07, 6.45) is -1.05. The zero-order chi connectivity index (χ0) is 16.0. The van der Waals surface area contributed by atoms with Gasteiger partial charge in [-0.3, -0.25) is 0 Å². The molecule has 0 aliphatic heterocycles. The van der Waals surface area contributed by atoms with Crippen LogP contribution in [0.1, 0.15) is 33.3 Å². The van der Waals surface area contributed by atoms with E-state index in [4.69, 9.17) is 9.47 Å². The highest BCUT2D eigenvalue weighted by molar-refractivity contribution is 5.68. The molecular weight excluding hydrogens is 270 g/mol. The largest absolute Gasteiger partial charge is 0.497 e. The molecule has 0 radical (unpaired) electrons. The molecule has 5 heteroatoms. The second kappa shape index (κ2) is 7.31. The zero-order valence-corrected chi connectivity index (χ0v) is 13.4. The molecule has 5 nitrogen and oxygen atoms in total. The van der Waals surface area contributed by atoms with Crippen molar-refractivity contribution in [3.63, 3.8) is 0 Å². The minimum Gasteiger partial charge on any atom is -0.497 e. The number of carbonyl (C=O) groups excluding carboxylic acids is 1. The molecule has 0 fully saturated rings. The first-order chi connectivity index (χ1) is 9.71. The van der Waals surface area contributed by atoms with Crippen molar-refractivity contribution in [2.24, 2.45) is 0 Å². The first-order valence-electron chi connectivity index (χ1n) is 7.00. The fourth-order valence-electron chi connectivity index (χ4n) is 1.80. The fourth-order valence-corrected chi connectivity index (χ4v) is 1.80. The number of aliphatic hydroxyl groups excluding tert-OH is 1. The van der Waals surface area contributed by atoms with Crippen molar-refractivity contribution in [3.05, 3.63) is 29.8 Å². The number of ether oxygens (including phenoxy) is 2. The van der Waals surface area contributed by atoms with E-state index >= 15 is 0 Å². The van der Waals surface area contributed by atoms with Gasteiger partial charge in [-0.2, -0.15) is 0 Å². The van der Waals surface area contributed by atoms with Crippen LogP contribution in [0, 0.1) is 0 Å². The van der Waals surface area contributed by atoms with Crippen LogP contribution in [0.4, 0.5) is 4.79 Å². The summed E-state index contributed by atoms with van der Waals surface area (Å²) >= 11 is 0. The molecule has 1 aromatic carbocycles. The summed E-state index contributed by atoms with van der Waals surface area (Å²) in [4.78, 5) is 13.7. The third kappa shape index (κ3) is 6.49. The van der Waals surface area contributed by atoms with Gasteiger partial charge in [-0.1, -0.05) is 12.1 Å². The maximum absolute atomic E-state index is 12.2. The Morgan fingerprint density at radius 3 is 2.29 bits per heavy atom. The maximum Gasteiger partial charge on any atom is 0.410 e. The smallest absolute Gasteiger partial charge is 0.410 e. The van der Waals surface area contributed by atoms with Gasteiger partial charge in [0, 0.05) is 6.54 Å².